The molecule has 19 heavy (non-hydrogen) atoms. The number of hydrogen-bond acceptors (Lipinski definition) is 2. The molecule has 2 aromatic carbocycles. The molecular weight excluding hydrogens is 302 g/mol. The van der Waals surface area contributed by atoms with E-state index in [0.717, 1.165) is 35.8 Å². The summed E-state index contributed by atoms with van der Waals surface area (Å²) in [5.74, 6) is 0. The van der Waals surface area contributed by atoms with Gasteiger partial charge in [0.2, 0.25) is 0 Å². The van der Waals surface area contributed by atoms with Gasteiger partial charge >= 0.3 is 0 Å². The maximum absolute atomic E-state index is 10.9. The number of rotatable bonds is 2. The second-order valence-electron chi connectivity index (χ2n) is 4.71. The van der Waals surface area contributed by atoms with Crippen molar-refractivity contribution in [3.63, 3.8) is 0 Å². The summed E-state index contributed by atoms with van der Waals surface area (Å²) in [7, 11) is 0. The van der Waals surface area contributed by atoms with E-state index in [9.17, 15) is 4.79 Å². The van der Waals surface area contributed by atoms with Crippen molar-refractivity contribution in [2.24, 2.45) is 0 Å². The molecular formula is C16H14BrNO. The summed E-state index contributed by atoms with van der Waals surface area (Å²) in [5, 5.41) is 0. The molecule has 3 heteroatoms. The highest BCUT2D eigenvalue weighted by Gasteiger charge is 2.18. The number of fused-ring (bicyclic) bond motifs is 1. The van der Waals surface area contributed by atoms with Gasteiger partial charge in [0.25, 0.3) is 0 Å². The molecule has 0 N–H and O–H groups in total. The van der Waals surface area contributed by atoms with Gasteiger partial charge in [-0.05, 0) is 58.6 Å². The van der Waals surface area contributed by atoms with Gasteiger partial charge in [-0.2, -0.15) is 0 Å². The van der Waals surface area contributed by atoms with E-state index in [1.165, 1.54) is 11.3 Å². The summed E-state index contributed by atoms with van der Waals surface area (Å²) in [6.07, 6.45) is 3.17. The summed E-state index contributed by atoms with van der Waals surface area (Å²) in [6, 6.07) is 14.4. The molecule has 3 rings (SSSR count). The van der Waals surface area contributed by atoms with Crippen molar-refractivity contribution in [1.82, 2.24) is 0 Å². The Labute approximate surface area is 121 Å². The standard InChI is InChI=1S/C16H14BrNO/c17-15-10-14(8-7-13(15)11-19)18-9-3-5-12-4-1-2-6-16(12)18/h1-2,4,6-8,10-11H,3,5,9H2. The van der Waals surface area contributed by atoms with Crippen molar-refractivity contribution in [2.45, 2.75) is 12.8 Å². The Kier molecular flexibility index (Phi) is 3.38. The van der Waals surface area contributed by atoms with Crippen LogP contribution in [0.5, 0.6) is 0 Å². The highest BCUT2D eigenvalue weighted by molar-refractivity contribution is 9.10. The maximum Gasteiger partial charge on any atom is 0.151 e. The Bertz CT molecular complexity index is 624. The van der Waals surface area contributed by atoms with Crippen molar-refractivity contribution in [1.29, 1.82) is 0 Å². The fourth-order valence-electron chi connectivity index (χ4n) is 2.58. The van der Waals surface area contributed by atoms with E-state index in [1.54, 1.807) is 0 Å². The van der Waals surface area contributed by atoms with Crippen LogP contribution in [0.2, 0.25) is 0 Å². The van der Waals surface area contributed by atoms with Gasteiger partial charge in [-0.15, -0.1) is 0 Å². The fourth-order valence-corrected chi connectivity index (χ4v) is 3.04. The van der Waals surface area contributed by atoms with Gasteiger partial charge in [0.15, 0.2) is 6.29 Å². The first kappa shape index (κ1) is 12.4. The molecule has 0 amide bonds. The van der Waals surface area contributed by atoms with Crippen molar-refractivity contribution in [3.8, 4) is 0 Å². The summed E-state index contributed by atoms with van der Waals surface area (Å²) in [4.78, 5) is 13.2. The van der Waals surface area contributed by atoms with E-state index >= 15 is 0 Å². The zero-order chi connectivity index (χ0) is 13.2. The van der Waals surface area contributed by atoms with E-state index in [-0.39, 0.29) is 0 Å². The molecule has 0 atom stereocenters. The SMILES string of the molecule is O=Cc1ccc(N2CCCc3ccccc32)cc1Br. The Balaban J connectivity index is 2.04. The van der Waals surface area contributed by atoms with Crippen LogP contribution in [-0.4, -0.2) is 12.8 Å². The number of aryl methyl sites for hydroxylation is 1. The van der Waals surface area contributed by atoms with Gasteiger partial charge in [-0.3, -0.25) is 4.79 Å². The molecule has 0 unspecified atom stereocenters. The third-order valence-corrected chi connectivity index (χ3v) is 4.22. The number of nitrogens with zero attached hydrogens (tertiary/aromatic N) is 1. The van der Waals surface area contributed by atoms with Gasteiger partial charge in [0.05, 0.1) is 0 Å². The van der Waals surface area contributed by atoms with Crippen LogP contribution in [0.15, 0.2) is 46.9 Å². The first-order valence-electron chi connectivity index (χ1n) is 6.40. The minimum Gasteiger partial charge on any atom is -0.341 e. The molecule has 96 valence electrons. The van der Waals surface area contributed by atoms with Crippen LogP contribution in [0.25, 0.3) is 0 Å². The normalized spacial score (nSPS) is 14.1. The molecule has 0 aromatic heterocycles. The average molecular weight is 316 g/mol. The predicted octanol–water partition coefficient (Wildman–Crippen LogP) is 4.35. The fraction of sp³-hybridized carbons (Fsp3) is 0.188. The number of halogens is 1. The third-order valence-electron chi connectivity index (χ3n) is 3.53. The highest BCUT2D eigenvalue weighted by Crippen LogP contribution is 2.34. The smallest absolute Gasteiger partial charge is 0.151 e. The predicted molar refractivity (Wildman–Crippen MR) is 81.3 cm³/mol. The van der Waals surface area contributed by atoms with Crippen molar-refractivity contribution in [2.75, 3.05) is 11.4 Å². The lowest BCUT2D eigenvalue weighted by molar-refractivity contribution is 0.112. The minimum absolute atomic E-state index is 0.689. The van der Waals surface area contributed by atoms with Gasteiger partial charge in [0.1, 0.15) is 0 Å². The number of benzene rings is 2. The second kappa shape index (κ2) is 5.17. The minimum atomic E-state index is 0.689. The Morgan fingerprint density at radius 2 is 2.00 bits per heavy atom. The molecule has 1 heterocycles. The highest BCUT2D eigenvalue weighted by atomic mass is 79.9. The maximum atomic E-state index is 10.9. The van der Waals surface area contributed by atoms with Crippen LogP contribution in [0.3, 0.4) is 0 Å². The van der Waals surface area contributed by atoms with E-state index in [1.807, 2.05) is 18.2 Å². The van der Waals surface area contributed by atoms with E-state index < -0.39 is 0 Å². The Hall–Kier alpha value is -1.61. The quantitative estimate of drug-likeness (QED) is 0.768. The van der Waals surface area contributed by atoms with Crippen LogP contribution >= 0.6 is 15.9 Å². The van der Waals surface area contributed by atoms with Crippen LogP contribution in [-0.2, 0) is 6.42 Å². The van der Waals surface area contributed by atoms with E-state index in [4.69, 9.17) is 0 Å². The number of carbonyl (C=O) groups excluding carboxylic acids is 1. The zero-order valence-electron chi connectivity index (χ0n) is 10.5. The topological polar surface area (TPSA) is 20.3 Å². The summed E-state index contributed by atoms with van der Waals surface area (Å²) < 4.78 is 0.850. The molecule has 1 aliphatic heterocycles. The zero-order valence-corrected chi connectivity index (χ0v) is 12.1. The summed E-state index contributed by atoms with van der Waals surface area (Å²) in [6.45, 7) is 1.02. The number of carbonyl (C=O) groups is 1. The first-order valence-corrected chi connectivity index (χ1v) is 7.19. The monoisotopic (exact) mass is 315 g/mol. The largest absolute Gasteiger partial charge is 0.341 e. The van der Waals surface area contributed by atoms with Gasteiger partial charge in [-0.1, -0.05) is 18.2 Å². The Morgan fingerprint density at radius 3 is 2.79 bits per heavy atom. The summed E-state index contributed by atoms with van der Waals surface area (Å²) in [5.41, 5.74) is 4.49. The second-order valence-corrected chi connectivity index (χ2v) is 5.56. The van der Waals surface area contributed by atoms with Crippen molar-refractivity contribution in [3.05, 3.63) is 58.1 Å². The Morgan fingerprint density at radius 1 is 1.16 bits per heavy atom. The molecule has 0 saturated heterocycles. The molecule has 2 nitrogen and oxygen atoms in total. The molecule has 0 bridgehead atoms. The third kappa shape index (κ3) is 2.30. The average Bonchev–Trinajstić information content (AvgIpc) is 2.46. The van der Waals surface area contributed by atoms with Gasteiger partial charge in [-0.25, -0.2) is 0 Å². The van der Waals surface area contributed by atoms with Crippen LogP contribution < -0.4 is 4.90 Å². The first-order chi connectivity index (χ1) is 9.29. The van der Waals surface area contributed by atoms with Crippen molar-refractivity contribution < 1.29 is 4.79 Å². The molecule has 0 radical (unpaired) electrons. The lowest BCUT2D eigenvalue weighted by atomic mass is 10.0. The number of anilines is 2. The van der Waals surface area contributed by atoms with E-state index in [2.05, 4.69) is 45.1 Å². The summed E-state index contributed by atoms with van der Waals surface area (Å²) >= 11 is 3.46. The number of aldehydes is 1. The molecule has 1 aliphatic rings. The van der Waals surface area contributed by atoms with Crippen LogP contribution in [0, 0.1) is 0 Å². The number of para-hydroxylation sites is 1. The van der Waals surface area contributed by atoms with Gasteiger partial charge < -0.3 is 4.90 Å². The molecule has 0 saturated carbocycles. The van der Waals surface area contributed by atoms with E-state index in [0.29, 0.717) is 5.56 Å². The van der Waals surface area contributed by atoms with Crippen molar-refractivity contribution >= 4 is 33.6 Å². The van der Waals surface area contributed by atoms with Crippen LogP contribution in [0.4, 0.5) is 11.4 Å². The molecule has 2 aromatic rings. The van der Waals surface area contributed by atoms with Crippen LogP contribution in [0.1, 0.15) is 22.3 Å². The molecule has 0 spiro atoms. The lowest BCUT2D eigenvalue weighted by Gasteiger charge is -2.31. The lowest BCUT2D eigenvalue weighted by Crippen LogP contribution is -2.24. The van der Waals surface area contributed by atoms with Gasteiger partial charge in [0, 0.05) is 28.0 Å². The number of hydrogen-bond donors (Lipinski definition) is 0. The molecule has 0 aliphatic carbocycles. The molecule has 0 fully saturated rings.